The first-order valence-electron chi connectivity index (χ1n) is 11.2. The second kappa shape index (κ2) is 10.9. The molecule has 12 heteroatoms. The van der Waals surface area contributed by atoms with E-state index >= 15 is 0 Å². The number of carbonyl (C=O) groups is 3. The van der Waals surface area contributed by atoms with E-state index in [4.69, 9.17) is 4.42 Å². The first-order chi connectivity index (χ1) is 16.6. The van der Waals surface area contributed by atoms with Crippen molar-refractivity contribution in [3.63, 3.8) is 0 Å². The number of aromatic amines is 1. The van der Waals surface area contributed by atoms with Crippen LogP contribution >= 0.6 is 0 Å². The van der Waals surface area contributed by atoms with Gasteiger partial charge in [-0.05, 0) is 24.0 Å². The lowest BCUT2D eigenvalue weighted by atomic mass is 9.84. The fourth-order valence-electron chi connectivity index (χ4n) is 3.74. The number of anilines is 1. The van der Waals surface area contributed by atoms with Crippen molar-refractivity contribution in [2.45, 2.75) is 59.0 Å². The van der Waals surface area contributed by atoms with Crippen molar-refractivity contribution < 1.29 is 23.9 Å². The molecule has 1 unspecified atom stereocenters. The molecule has 0 bridgehead atoms. The molecule has 0 radical (unpaired) electrons. The summed E-state index contributed by atoms with van der Waals surface area (Å²) in [7, 11) is 0. The summed E-state index contributed by atoms with van der Waals surface area (Å²) in [6.07, 6.45) is 4.56. The Balaban J connectivity index is 2.01. The molecule has 0 saturated heterocycles. The van der Waals surface area contributed by atoms with Gasteiger partial charge in [-0.1, -0.05) is 40.5 Å². The van der Waals surface area contributed by atoms with E-state index in [1.165, 1.54) is 12.3 Å². The Bertz CT molecular complexity index is 1140. The number of aromatic nitrogens is 5. The molecule has 3 aromatic rings. The number of carboxylic acid groups (broad SMARTS) is 1. The Kier molecular flexibility index (Phi) is 7.94. The van der Waals surface area contributed by atoms with Gasteiger partial charge in [-0.15, -0.1) is 10.2 Å². The molecule has 3 rings (SSSR count). The van der Waals surface area contributed by atoms with Crippen molar-refractivity contribution in [2.75, 3.05) is 5.32 Å². The summed E-state index contributed by atoms with van der Waals surface area (Å²) < 4.78 is 5.89. The standard InChI is InChI=1S/C23H29N7O5/c1-5-6-7-15(17(31)19(32)26-16-10-13-25-27-16)30(22(33)34)18(23(2,3)4)21-29-28-20(35-21)14-8-11-24-12-9-14/h8-13,15,18H,5-7H2,1-4H3,(H,33,34)(H2,25,26,27,32)/t15-,18?/m0/s1. The Morgan fingerprint density at radius 1 is 1.14 bits per heavy atom. The molecule has 0 aliphatic rings. The Morgan fingerprint density at radius 2 is 1.86 bits per heavy atom. The van der Waals surface area contributed by atoms with Crippen molar-refractivity contribution in [3.8, 4) is 11.5 Å². The van der Waals surface area contributed by atoms with Crippen LogP contribution in [-0.4, -0.2) is 59.2 Å². The van der Waals surface area contributed by atoms with Crippen LogP contribution in [0.15, 0.2) is 41.2 Å². The van der Waals surface area contributed by atoms with Crippen LogP contribution in [0.1, 0.15) is 58.9 Å². The number of unbranched alkanes of at least 4 members (excludes halogenated alkanes) is 1. The van der Waals surface area contributed by atoms with Gasteiger partial charge < -0.3 is 14.8 Å². The van der Waals surface area contributed by atoms with E-state index in [2.05, 4.69) is 30.7 Å². The third-order valence-corrected chi connectivity index (χ3v) is 5.36. The number of H-pyrrole nitrogens is 1. The number of ketones is 1. The van der Waals surface area contributed by atoms with Crippen LogP contribution in [0.3, 0.4) is 0 Å². The van der Waals surface area contributed by atoms with Crippen molar-refractivity contribution in [3.05, 3.63) is 42.7 Å². The second-order valence-corrected chi connectivity index (χ2v) is 9.09. The molecule has 0 spiro atoms. The number of Topliss-reactive ketones (excluding diaryl/α,β-unsaturated/α-hetero) is 1. The van der Waals surface area contributed by atoms with E-state index < -0.39 is 35.3 Å². The van der Waals surface area contributed by atoms with Gasteiger partial charge in [0.1, 0.15) is 17.9 Å². The highest BCUT2D eigenvalue weighted by Gasteiger charge is 2.45. The van der Waals surface area contributed by atoms with Crippen molar-refractivity contribution in [1.29, 1.82) is 0 Å². The molecule has 2 atom stereocenters. The molecule has 0 aliphatic carbocycles. The lowest BCUT2D eigenvalue weighted by molar-refractivity contribution is -0.139. The van der Waals surface area contributed by atoms with Crippen molar-refractivity contribution in [1.82, 2.24) is 30.3 Å². The Labute approximate surface area is 202 Å². The minimum absolute atomic E-state index is 0.0231. The van der Waals surface area contributed by atoms with Gasteiger partial charge in [0.25, 0.3) is 5.91 Å². The number of pyridine rings is 1. The maximum Gasteiger partial charge on any atom is 0.408 e. The molecule has 0 fully saturated rings. The maximum absolute atomic E-state index is 13.3. The van der Waals surface area contributed by atoms with Crippen LogP contribution in [0.4, 0.5) is 10.6 Å². The normalized spacial score (nSPS) is 13.1. The van der Waals surface area contributed by atoms with Crippen molar-refractivity contribution in [2.24, 2.45) is 5.41 Å². The zero-order chi connectivity index (χ0) is 25.6. The maximum atomic E-state index is 13.3. The summed E-state index contributed by atoms with van der Waals surface area (Å²) in [5.41, 5.74) is -0.142. The lowest BCUT2D eigenvalue weighted by Crippen LogP contribution is -2.52. The van der Waals surface area contributed by atoms with Gasteiger partial charge in [-0.3, -0.25) is 24.6 Å². The average Bonchev–Trinajstić information content (AvgIpc) is 3.50. The SMILES string of the molecule is CCCC[C@@H](C(=O)C(=O)Nc1ccn[nH]1)N(C(=O)O)C(c1nnc(-c2ccncc2)o1)C(C)(C)C. The van der Waals surface area contributed by atoms with Crippen LogP contribution in [-0.2, 0) is 9.59 Å². The number of amides is 2. The van der Waals surface area contributed by atoms with Gasteiger partial charge in [-0.2, -0.15) is 5.10 Å². The topological polar surface area (TPSA) is 167 Å². The molecule has 0 aromatic carbocycles. The molecular weight excluding hydrogens is 454 g/mol. The molecule has 3 aromatic heterocycles. The van der Waals surface area contributed by atoms with Gasteiger partial charge >= 0.3 is 6.09 Å². The monoisotopic (exact) mass is 483 g/mol. The molecule has 2 amide bonds. The Hall–Kier alpha value is -4.09. The third-order valence-electron chi connectivity index (χ3n) is 5.36. The van der Waals surface area contributed by atoms with E-state index in [0.29, 0.717) is 18.4 Å². The predicted octanol–water partition coefficient (Wildman–Crippen LogP) is 3.69. The summed E-state index contributed by atoms with van der Waals surface area (Å²) in [5, 5.41) is 27.2. The van der Waals surface area contributed by atoms with Crippen LogP contribution < -0.4 is 5.32 Å². The molecule has 35 heavy (non-hydrogen) atoms. The van der Waals surface area contributed by atoms with Gasteiger partial charge in [0.2, 0.25) is 17.6 Å². The number of hydrogen-bond donors (Lipinski definition) is 3. The first-order valence-corrected chi connectivity index (χ1v) is 11.2. The smallest absolute Gasteiger partial charge is 0.408 e. The highest BCUT2D eigenvalue weighted by Crippen LogP contribution is 2.40. The predicted molar refractivity (Wildman–Crippen MR) is 125 cm³/mol. The van der Waals surface area contributed by atoms with Gasteiger partial charge in [0, 0.05) is 24.0 Å². The molecule has 186 valence electrons. The highest BCUT2D eigenvalue weighted by molar-refractivity contribution is 6.42. The van der Waals surface area contributed by atoms with Crippen LogP contribution in [0.5, 0.6) is 0 Å². The minimum Gasteiger partial charge on any atom is -0.465 e. The fraction of sp³-hybridized carbons (Fsp3) is 0.435. The van der Waals surface area contributed by atoms with Gasteiger partial charge in [0.05, 0.1) is 6.20 Å². The lowest BCUT2D eigenvalue weighted by Gasteiger charge is -2.39. The van der Waals surface area contributed by atoms with Crippen LogP contribution in [0, 0.1) is 5.41 Å². The highest BCUT2D eigenvalue weighted by atomic mass is 16.4. The zero-order valence-corrected chi connectivity index (χ0v) is 20.1. The number of hydrogen-bond acceptors (Lipinski definition) is 8. The number of nitrogens with one attached hydrogen (secondary N) is 2. The summed E-state index contributed by atoms with van der Waals surface area (Å²) in [4.78, 5) is 43.6. The summed E-state index contributed by atoms with van der Waals surface area (Å²) in [5.74, 6) is -1.40. The molecule has 12 nitrogen and oxygen atoms in total. The minimum atomic E-state index is -1.38. The zero-order valence-electron chi connectivity index (χ0n) is 20.1. The molecule has 3 heterocycles. The van der Waals surface area contributed by atoms with E-state index in [-0.39, 0.29) is 24.0 Å². The average molecular weight is 484 g/mol. The number of nitrogens with zero attached hydrogens (tertiary/aromatic N) is 5. The summed E-state index contributed by atoms with van der Waals surface area (Å²) in [6, 6.07) is 2.58. The third kappa shape index (κ3) is 6.08. The largest absolute Gasteiger partial charge is 0.465 e. The second-order valence-electron chi connectivity index (χ2n) is 9.09. The fourth-order valence-corrected chi connectivity index (χ4v) is 3.74. The summed E-state index contributed by atoms with van der Waals surface area (Å²) >= 11 is 0. The molecule has 0 aliphatic heterocycles. The molecule has 0 saturated carbocycles. The van der Waals surface area contributed by atoms with E-state index in [1.54, 1.807) is 45.3 Å². The first kappa shape index (κ1) is 25.5. The van der Waals surface area contributed by atoms with Gasteiger partial charge in [-0.25, -0.2) is 4.79 Å². The number of carbonyl (C=O) groups excluding carboxylic acids is 2. The molecule has 3 N–H and O–H groups in total. The van der Waals surface area contributed by atoms with Crippen LogP contribution in [0.2, 0.25) is 0 Å². The Morgan fingerprint density at radius 3 is 2.43 bits per heavy atom. The van der Waals surface area contributed by atoms with Gasteiger partial charge in [0.15, 0.2) is 0 Å². The number of rotatable bonds is 10. The van der Waals surface area contributed by atoms with E-state index in [0.717, 1.165) is 4.90 Å². The van der Waals surface area contributed by atoms with E-state index in [1.807, 2.05) is 6.92 Å². The molecular formula is C23H29N7O5. The summed E-state index contributed by atoms with van der Waals surface area (Å²) in [6.45, 7) is 7.32. The quantitative estimate of drug-likeness (QED) is 0.364. The van der Waals surface area contributed by atoms with E-state index in [9.17, 15) is 19.5 Å². The van der Waals surface area contributed by atoms with Crippen molar-refractivity contribution >= 4 is 23.6 Å². The van der Waals surface area contributed by atoms with Crippen LogP contribution in [0.25, 0.3) is 11.5 Å².